The molecule has 1 aromatic rings. The fourth-order valence-corrected chi connectivity index (χ4v) is 2.11. The molecule has 0 aliphatic heterocycles. The van der Waals surface area contributed by atoms with Crippen LogP contribution in [-0.2, 0) is 10.5 Å². The summed E-state index contributed by atoms with van der Waals surface area (Å²) in [5.74, 6) is 0.318. The summed E-state index contributed by atoms with van der Waals surface area (Å²) in [4.78, 5) is 10.5. The second-order valence-corrected chi connectivity index (χ2v) is 4.48. The molecule has 82 valence electrons. The summed E-state index contributed by atoms with van der Waals surface area (Å²) in [6.07, 6.45) is 0. The van der Waals surface area contributed by atoms with Gasteiger partial charge in [-0.05, 0) is 12.5 Å². The van der Waals surface area contributed by atoms with Gasteiger partial charge in [-0.3, -0.25) is 4.79 Å². The fourth-order valence-electron chi connectivity index (χ4n) is 1.18. The van der Waals surface area contributed by atoms with Gasteiger partial charge in [-0.15, -0.1) is 0 Å². The van der Waals surface area contributed by atoms with Crippen molar-refractivity contribution in [3.8, 4) is 0 Å². The van der Waals surface area contributed by atoms with Gasteiger partial charge in [0, 0.05) is 11.5 Å². The minimum absolute atomic E-state index is 0.448. The van der Waals surface area contributed by atoms with Crippen LogP contribution in [0.3, 0.4) is 0 Å². The van der Waals surface area contributed by atoms with Crippen molar-refractivity contribution >= 4 is 17.7 Å². The van der Waals surface area contributed by atoms with Crippen LogP contribution in [0.2, 0.25) is 0 Å². The molecule has 4 heteroatoms. The Morgan fingerprint density at radius 3 is 2.93 bits per heavy atom. The van der Waals surface area contributed by atoms with Crippen LogP contribution < -0.4 is 5.73 Å². The highest BCUT2D eigenvalue weighted by Crippen LogP contribution is 2.13. The van der Waals surface area contributed by atoms with Crippen molar-refractivity contribution in [2.24, 2.45) is 5.73 Å². The molecule has 0 amide bonds. The predicted octanol–water partition coefficient (Wildman–Crippen LogP) is 1.64. The Kier molecular flexibility index (Phi) is 4.65. The second kappa shape index (κ2) is 5.78. The molecular weight excluding hydrogens is 210 g/mol. The van der Waals surface area contributed by atoms with E-state index in [0.717, 1.165) is 5.75 Å². The second-order valence-electron chi connectivity index (χ2n) is 3.45. The fraction of sp³-hybridized carbons (Fsp3) is 0.364. The van der Waals surface area contributed by atoms with Crippen LogP contribution in [0.5, 0.6) is 0 Å². The SMILES string of the molecule is Cc1cccc(CSC[C@@H](N)C(=O)O)c1. The van der Waals surface area contributed by atoms with Gasteiger partial charge in [-0.2, -0.15) is 11.8 Å². The molecule has 0 heterocycles. The summed E-state index contributed by atoms with van der Waals surface area (Å²) in [6.45, 7) is 2.04. The number of aliphatic carboxylic acids is 1. The summed E-state index contributed by atoms with van der Waals surface area (Å²) in [7, 11) is 0. The van der Waals surface area contributed by atoms with Gasteiger partial charge in [0.2, 0.25) is 0 Å². The first kappa shape index (κ1) is 12.1. The highest BCUT2D eigenvalue weighted by atomic mass is 32.2. The van der Waals surface area contributed by atoms with E-state index < -0.39 is 12.0 Å². The van der Waals surface area contributed by atoms with E-state index in [0.29, 0.717) is 5.75 Å². The lowest BCUT2D eigenvalue weighted by Crippen LogP contribution is -2.32. The topological polar surface area (TPSA) is 63.3 Å². The van der Waals surface area contributed by atoms with Crippen molar-refractivity contribution in [1.29, 1.82) is 0 Å². The lowest BCUT2D eigenvalue weighted by molar-refractivity contribution is -0.137. The minimum atomic E-state index is -0.938. The summed E-state index contributed by atoms with van der Waals surface area (Å²) in [6, 6.07) is 7.41. The summed E-state index contributed by atoms with van der Waals surface area (Å²) in [5, 5.41) is 8.58. The molecule has 0 saturated heterocycles. The number of aryl methyl sites for hydroxylation is 1. The number of hydrogen-bond acceptors (Lipinski definition) is 3. The van der Waals surface area contributed by atoms with Gasteiger partial charge in [0.25, 0.3) is 0 Å². The van der Waals surface area contributed by atoms with Crippen molar-refractivity contribution in [3.63, 3.8) is 0 Å². The normalized spacial score (nSPS) is 12.4. The third-order valence-corrected chi connectivity index (χ3v) is 3.10. The van der Waals surface area contributed by atoms with Gasteiger partial charge in [-0.25, -0.2) is 0 Å². The van der Waals surface area contributed by atoms with Crippen molar-refractivity contribution in [1.82, 2.24) is 0 Å². The number of hydrogen-bond donors (Lipinski definition) is 2. The Balaban J connectivity index is 2.35. The van der Waals surface area contributed by atoms with Crippen molar-refractivity contribution in [3.05, 3.63) is 35.4 Å². The Morgan fingerprint density at radius 1 is 1.60 bits per heavy atom. The summed E-state index contributed by atoms with van der Waals surface area (Å²) < 4.78 is 0. The molecule has 0 aliphatic rings. The molecule has 0 unspecified atom stereocenters. The van der Waals surface area contributed by atoms with E-state index in [1.54, 1.807) is 11.8 Å². The van der Waals surface area contributed by atoms with E-state index in [4.69, 9.17) is 10.8 Å². The number of carboxylic acid groups (broad SMARTS) is 1. The molecule has 0 saturated carbocycles. The maximum absolute atomic E-state index is 10.5. The average molecular weight is 225 g/mol. The van der Waals surface area contributed by atoms with Gasteiger partial charge < -0.3 is 10.8 Å². The van der Waals surface area contributed by atoms with Crippen LogP contribution in [0.4, 0.5) is 0 Å². The van der Waals surface area contributed by atoms with Gasteiger partial charge in [-0.1, -0.05) is 29.8 Å². The van der Waals surface area contributed by atoms with Crippen LogP contribution in [0.1, 0.15) is 11.1 Å². The van der Waals surface area contributed by atoms with E-state index in [1.165, 1.54) is 11.1 Å². The van der Waals surface area contributed by atoms with Crippen molar-refractivity contribution in [2.75, 3.05) is 5.75 Å². The van der Waals surface area contributed by atoms with E-state index in [-0.39, 0.29) is 0 Å². The average Bonchev–Trinajstić information content (AvgIpc) is 2.17. The number of carbonyl (C=O) groups is 1. The molecule has 0 spiro atoms. The molecule has 15 heavy (non-hydrogen) atoms. The first-order valence-electron chi connectivity index (χ1n) is 4.71. The van der Waals surface area contributed by atoms with Gasteiger partial charge in [0.15, 0.2) is 0 Å². The molecule has 3 N–H and O–H groups in total. The van der Waals surface area contributed by atoms with Crippen molar-refractivity contribution in [2.45, 2.75) is 18.7 Å². The first-order valence-corrected chi connectivity index (χ1v) is 5.86. The van der Waals surface area contributed by atoms with E-state index in [2.05, 4.69) is 6.07 Å². The summed E-state index contributed by atoms with van der Waals surface area (Å²) >= 11 is 1.55. The molecule has 1 atom stereocenters. The van der Waals surface area contributed by atoms with Crippen molar-refractivity contribution < 1.29 is 9.90 Å². The standard InChI is InChI=1S/C11H15NO2S/c1-8-3-2-4-9(5-8)6-15-7-10(12)11(13)14/h2-5,10H,6-7,12H2,1H3,(H,13,14)/t10-/m1/s1. The molecule has 0 bridgehead atoms. The third kappa shape index (κ3) is 4.36. The lowest BCUT2D eigenvalue weighted by atomic mass is 10.2. The highest BCUT2D eigenvalue weighted by Gasteiger charge is 2.10. The molecule has 1 aromatic carbocycles. The Labute approximate surface area is 93.7 Å². The van der Waals surface area contributed by atoms with E-state index >= 15 is 0 Å². The zero-order valence-electron chi connectivity index (χ0n) is 8.64. The Bertz CT molecular complexity index is 341. The maximum Gasteiger partial charge on any atom is 0.321 e. The van der Waals surface area contributed by atoms with Crippen LogP contribution in [0, 0.1) is 6.92 Å². The molecule has 0 aromatic heterocycles. The number of benzene rings is 1. The van der Waals surface area contributed by atoms with E-state index in [9.17, 15) is 4.79 Å². The molecule has 0 radical (unpaired) electrons. The molecule has 3 nitrogen and oxygen atoms in total. The molecule has 1 rings (SSSR count). The smallest absolute Gasteiger partial charge is 0.321 e. The number of nitrogens with two attached hydrogens (primary N) is 1. The first-order chi connectivity index (χ1) is 7.09. The Hall–Kier alpha value is -1.00. The van der Waals surface area contributed by atoms with Crippen LogP contribution in [-0.4, -0.2) is 22.9 Å². The van der Waals surface area contributed by atoms with Crippen LogP contribution in [0.25, 0.3) is 0 Å². The van der Waals surface area contributed by atoms with Gasteiger partial charge in [0.05, 0.1) is 0 Å². The molecule has 0 aliphatic carbocycles. The molecular formula is C11H15NO2S. The Morgan fingerprint density at radius 2 is 2.33 bits per heavy atom. The largest absolute Gasteiger partial charge is 0.480 e. The van der Waals surface area contributed by atoms with Crippen LogP contribution >= 0.6 is 11.8 Å². The number of rotatable bonds is 5. The zero-order valence-corrected chi connectivity index (χ0v) is 9.46. The number of thioether (sulfide) groups is 1. The maximum atomic E-state index is 10.5. The minimum Gasteiger partial charge on any atom is -0.480 e. The third-order valence-electron chi connectivity index (χ3n) is 1.97. The summed E-state index contributed by atoms with van der Waals surface area (Å²) in [5.41, 5.74) is 7.81. The molecule has 0 fully saturated rings. The number of carboxylic acids is 1. The lowest BCUT2D eigenvalue weighted by Gasteiger charge is -2.06. The highest BCUT2D eigenvalue weighted by molar-refractivity contribution is 7.98. The quantitative estimate of drug-likeness (QED) is 0.799. The monoisotopic (exact) mass is 225 g/mol. The predicted molar refractivity (Wildman–Crippen MR) is 63.0 cm³/mol. The van der Waals surface area contributed by atoms with Crippen LogP contribution in [0.15, 0.2) is 24.3 Å². The van der Waals surface area contributed by atoms with E-state index in [1.807, 2.05) is 25.1 Å². The zero-order chi connectivity index (χ0) is 11.3. The van der Waals surface area contributed by atoms with Gasteiger partial charge in [0.1, 0.15) is 6.04 Å². The van der Waals surface area contributed by atoms with Gasteiger partial charge >= 0.3 is 5.97 Å².